The van der Waals surface area contributed by atoms with Crippen LogP contribution in [0.4, 0.5) is 10.2 Å². The number of fused-ring (bicyclic) bond motifs is 1. The number of aromatic nitrogens is 4. The summed E-state index contributed by atoms with van der Waals surface area (Å²) in [5.74, 6) is 4.90. The summed E-state index contributed by atoms with van der Waals surface area (Å²) < 4.78 is 23.8. The molecule has 5 rings (SSSR count). The van der Waals surface area contributed by atoms with Gasteiger partial charge in [0.05, 0.1) is 35.3 Å². The number of hydrogen-bond acceptors (Lipinski definition) is 6. The molecule has 0 bridgehead atoms. The predicted octanol–water partition coefficient (Wildman–Crippen LogP) is 2.07. The number of hydrogen-bond donors (Lipinski definition) is 2. The Kier molecular flexibility index (Phi) is 6.21. The molecule has 3 heterocycles. The molecular formula is C26H28FN7O3. The molecule has 2 fully saturated rings. The van der Waals surface area contributed by atoms with Crippen molar-refractivity contribution in [2.24, 2.45) is 5.73 Å². The third kappa shape index (κ3) is 4.34. The van der Waals surface area contributed by atoms with Gasteiger partial charge in [0, 0.05) is 25.8 Å². The smallest absolute Gasteiger partial charge is 0.255 e. The number of nitrogen functional groups attached to an aromatic ring is 1. The number of rotatable bonds is 6. The molecule has 4 N–H and O–H groups in total. The second-order valence-electron chi connectivity index (χ2n) is 9.44. The molecule has 1 aliphatic heterocycles. The first-order valence-corrected chi connectivity index (χ1v) is 12.0. The van der Waals surface area contributed by atoms with Gasteiger partial charge >= 0.3 is 0 Å². The van der Waals surface area contributed by atoms with Crippen LogP contribution in [0.5, 0.6) is 0 Å². The van der Waals surface area contributed by atoms with Crippen molar-refractivity contribution in [2.75, 3.05) is 26.0 Å². The van der Waals surface area contributed by atoms with E-state index in [1.807, 2.05) is 6.92 Å². The van der Waals surface area contributed by atoms with Crippen molar-refractivity contribution < 1.29 is 18.7 Å². The minimum atomic E-state index is -0.798. The monoisotopic (exact) mass is 505 g/mol. The zero-order valence-electron chi connectivity index (χ0n) is 20.7. The number of primary amides is 1. The summed E-state index contributed by atoms with van der Waals surface area (Å²) in [6.07, 6.45) is 3.85. The molecule has 192 valence electrons. The van der Waals surface area contributed by atoms with E-state index in [-0.39, 0.29) is 40.6 Å². The summed E-state index contributed by atoms with van der Waals surface area (Å²) in [6, 6.07) is 2.86. The molecule has 2 aliphatic rings. The summed E-state index contributed by atoms with van der Waals surface area (Å²) in [5.41, 5.74) is 13.4. The van der Waals surface area contributed by atoms with Gasteiger partial charge in [-0.25, -0.2) is 14.1 Å². The average Bonchev–Trinajstić information content (AvgIpc) is 3.39. The third-order valence-corrected chi connectivity index (χ3v) is 6.93. The fourth-order valence-corrected chi connectivity index (χ4v) is 5.12. The first-order valence-electron chi connectivity index (χ1n) is 12.0. The highest BCUT2D eigenvalue weighted by molar-refractivity contribution is 5.99. The van der Waals surface area contributed by atoms with Crippen LogP contribution in [0.25, 0.3) is 11.0 Å². The normalized spacial score (nSPS) is 19.2. The van der Waals surface area contributed by atoms with Gasteiger partial charge < -0.3 is 25.7 Å². The van der Waals surface area contributed by atoms with E-state index in [1.54, 1.807) is 18.1 Å². The van der Waals surface area contributed by atoms with Crippen molar-refractivity contribution in [1.82, 2.24) is 24.2 Å². The van der Waals surface area contributed by atoms with E-state index in [9.17, 15) is 9.59 Å². The zero-order valence-corrected chi connectivity index (χ0v) is 20.7. The highest BCUT2D eigenvalue weighted by atomic mass is 19.1. The summed E-state index contributed by atoms with van der Waals surface area (Å²) in [6.45, 7) is 6.08. The van der Waals surface area contributed by atoms with Crippen LogP contribution < -0.4 is 11.5 Å². The Balaban J connectivity index is 1.50. The first kappa shape index (κ1) is 24.5. The van der Waals surface area contributed by atoms with Gasteiger partial charge in [-0.05, 0) is 44.2 Å². The summed E-state index contributed by atoms with van der Waals surface area (Å²) >= 11 is 0. The van der Waals surface area contributed by atoms with Gasteiger partial charge in [0.15, 0.2) is 5.69 Å². The van der Waals surface area contributed by atoms with Gasteiger partial charge in [-0.15, -0.1) is 0 Å². The lowest BCUT2D eigenvalue weighted by atomic mass is 10.1. The van der Waals surface area contributed by atoms with Crippen LogP contribution in [0.15, 0.2) is 24.8 Å². The third-order valence-electron chi connectivity index (χ3n) is 6.93. The topological polar surface area (TPSA) is 134 Å². The van der Waals surface area contributed by atoms with Crippen LogP contribution in [0.1, 0.15) is 58.8 Å². The number of aryl methyl sites for hydroxylation is 1. The first-order chi connectivity index (χ1) is 17.7. The van der Waals surface area contributed by atoms with Gasteiger partial charge in [0.2, 0.25) is 5.91 Å². The van der Waals surface area contributed by atoms with Crippen molar-refractivity contribution in [2.45, 2.75) is 44.3 Å². The number of ether oxygens (including phenoxy) is 1. The van der Waals surface area contributed by atoms with Gasteiger partial charge in [-0.3, -0.25) is 9.59 Å². The second kappa shape index (κ2) is 9.37. The summed E-state index contributed by atoms with van der Waals surface area (Å²) in [4.78, 5) is 30.8. The minimum absolute atomic E-state index is 0.0420. The second-order valence-corrected chi connectivity index (χ2v) is 9.44. The van der Waals surface area contributed by atoms with E-state index in [2.05, 4.69) is 33.1 Å². The van der Waals surface area contributed by atoms with Crippen LogP contribution >= 0.6 is 0 Å². The van der Waals surface area contributed by atoms with E-state index < -0.39 is 11.7 Å². The molecule has 2 atom stereocenters. The quantitative estimate of drug-likeness (QED) is 0.389. The molecule has 1 aliphatic carbocycles. The van der Waals surface area contributed by atoms with E-state index in [0.29, 0.717) is 31.1 Å². The Hall–Kier alpha value is -4.17. The SMILES string of the molecule is C=CC(=O)N1C[C@@H](n2nc(C#Cc3cc4nc(C)n(C5CC5)c4cc3F)c(C(N)=O)c2N)C[C@@H]1COC. The van der Waals surface area contributed by atoms with Gasteiger partial charge in [0.25, 0.3) is 5.91 Å². The number of imidazole rings is 1. The number of carbonyl (C=O) groups excluding carboxylic acids is 2. The number of anilines is 1. The molecule has 1 aromatic carbocycles. The minimum Gasteiger partial charge on any atom is -0.383 e. The number of likely N-dealkylation sites (tertiary alicyclic amines) is 1. The predicted molar refractivity (Wildman–Crippen MR) is 135 cm³/mol. The van der Waals surface area contributed by atoms with Crippen LogP contribution in [-0.4, -0.2) is 62.3 Å². The molecular weight excluding hydrogens is 477 g/mol. The Labute approximate surface area is 213 Å². The van der Waals surface area contributed by atoms with Crippen LogP contribution in [0.3, 0.4) is 0 Å². The molecule has 2 amide bonds. The van der Waals surface area contributed by atoms with E-state index >= 15 is 4.39 Å². The van der Waals surface area contributed by atoms with Crippen molar-refractivity contribution in [3.8, 4) is 11.8 Å². The van der Waals surface area contributed by atoms with Crippen LogP contribution in [0, 0.1) is 24.6 Å². The molecule has 0 radical (unpaired) electrons. The van der Waals surface area contributed by atoms with Gasteiger partial charge in [-0.1, -0.05) is 12.5 Å². The largest absolute Gasteiger partial charge is 0.383 e. The van der Waals surface area contributed by atoms with Crippen molar-refractivity contribution >= 4 is 28.7 Å². The van der Waals surface area contributed by atoms with Crippen molar-refractivity contribution in [3.05, 3.63) is 53.3 Å². The molecule has 10 nitrogen and oxygen atoms in total. The molecule has 11 heteroatoms. The van der Waals surface area contributed by atoms with Crippen LogP contribution in [-0.2, 0) is 9.53 Å². The lowest BCUT2D eigenvalue weighted by molar-refractivity contribution is -0.127. The number of nitrogens with zero attached hydrogens (tertiary/aromatic N) is 5. The standard InChI is InChI=1S/C26H28FN7O3/c1-4-23(35)32-12-17(10-18(32)13-37-3)34-25(28)24(26(29)36)20(31-34)8-5-15-9-21-22(11-19(15)27)33(14(2)30-21)16-6-7-16/h4,9,11,16-18H,1,6-7,10,12-13,28H2,2-3H3,(H2,29,36)/t17-,18+/m0/s1. The maximum absolute atomic E-state index is 15.0. The highest BCUT2D eigenvalue weighted by Crippen LogP contribution is 2.39. The Bertz CT molecular complexity index is 1490. The molecule has 3 aromatic rings. The number of nitrogens with two attached hydrogens (primary N) is 2. The molecule has 0 unspecified atom stereocenters. The summed E-state index contributed by atoms with van der Waals surface area (Å²) in [5, 5.41) is 4.45. The maximum atomic E-state index is 15.0. The van der Waals surface area contributed by atoms with Gasteiger partial charge in [-0.2, -0.15) is 5.10 Å². The summed E-state index contributed by atoms with van der Waals surface area (Å²) in [7, 11) is 1.55. The van der Waals surface area contributed by atoms with Crippen molar-refractivity contribution in [3.63, 3.8) is 0 Å². The molecule has 1 saturated carbocycles. The molecule has 0 spiro atoms. The number of carbonyl (C=O) groups is 2. The van der Waals surface area contributed by atoms with E-state index in [4.69, 9.17) is 16.2 Å². The fraction of sp³-hybridized carbons (Fsp3) is 0.385. The van der Waals surface area contributed by atoms with E-state index in [1.165, 1.54) is 16.8 Å². The fourth-order valence-electron chi connectivity index (χ4n) is 5.12. The Morgan fingerprint density at radius 3 is 2.70 bits per heavy atom. The number of amides is 2. The highest BCUT2D eigenvalue weighted by Gasteiger charge is 2.37. The molecule has 2 aromatic heterocycles. The van der Waals surface area contributed by atoms with Crippen LogP contribution in [0.2, 0.25) is 0 Å². The zero-order chi connectivity index (χ0) is 26.4. The average molecular weight is 506 g/mol. The number of halogens is 1. The van der Waals surface area contributed by atoms with E-state index in [0.717, 1.165) is 24.2 Å². The molecule has 1 saturated heterocycles. The van der Waals surface area contributed by atoms with Crippen molar-refractivity contribution in [1.29, 1.82) is 0 Å². The number of methoxy groups -OCH3 is 1. The Morgan fingerprint density at radius 2 is 2.05 bits per heavy atom. The van der Waals surface area contributed by atoms with Gasteiger partial charge in [0.1, 0.15) is 23.0 Å². The lowest BCUT2D eigenvalue weighted by Crippen LogP contribution is -2.37. The number of benzene rings is 1. The Morgan fingerprint density at radius 1 is 1.30 bits per heavy atom. The lowest BCUT2D eigenvalue weighted by Gasteiger charge is -2.22. The maximum Gasteiger partial charge on any atom is 0.255 e. The molecule has 37 heavy (non-hydrogen) atoms.